The second-order valence-corrected chi connectivity index (χ2v) is 5.00. The van der Waals surface area contributed by atoms with Crippen LogP contribution < -0.4 is 0 Å². The van der Waals surface area contributed by atoms with Gasteiger partial charge >= 0.3 is 5.97 Å². The van der Waals surface area contributed by atoms with E-state index in [2.05, 4.69) is 4.99 Å². The Balaban J connectivity index is 1.95. The Kier molecular flexibility index (Phi) is 4.04. The number of ether oxygens (including phenoxy) is 1. The van der Waals surface area contributed by atoms with Crippen molar-refractivity contribution in [1.82, 2.24) is 0 Å². The fourth-order valence-electron chi connectivity index (χ4n) is 2.17. The van der Waals surface area contributed by atoms with Gasteiger partial charge in [-0.05, 0) is 17.7 Å². The van der Waals surface area contributed by atoms with E-state index in [1.807, 2.05) is 0 Å². The zero-order chi connectivity index (χ0) is 18.0. The third-order valence-corrected chi connectivity index (χ3v) is 3.31. The molecule has 9 heteroatoms. The SMILES string of the molecule is O=C1OC(c2cccc([N+](=O)[O-])c2)=N/C1=C\c1cccc([N+](=O)[O-])c1. The molecule has 0 N–H and O–H groups in total. The molecule has 0 aliphatic carbocycles. The molecule has 124 valence electrons. The van der Waals surface area contributed by atoms with Gasteiger partial charge in [0.25, 0.3) is 11.4 Å². The first kappa shape index (κ1) is 16.0. The van der Waals surface area contributed by atoms with Crippen LogP contribution >= 0.6 is 0 Å². The van der Waals surface area contributed by atoms with Crippen LogP contribution in [-0.2, 0) is 9.53 Å². The standard InChI is InChI=1S/C16H9N3O6/c20-16-14(8-10-3-1-5-12(7-10)18(21)22)17-15(25-16)11-4-2-6-13(9-11)19(23)24/h1-9H/b14-8-. The topological polar surface area (TPSA) is 125 Å². The van der Waals surface area contributed by atoms with Crippen molar-refractivity contribution in [3.05, 3.63) is 85.6 Å². The average Bonchev–Trinajstić information content (AvgIpc) is 2.96. The lowest BCUT2D eigenvalue weighted by Crippen LogP contribution is -2.05. The van der Waals surface area contributed by atoms with Gasteiger partial charge in [0.05, 0.1) is 9.85 Å². The minimum Gasteiger partial charge on any atom is -0.402 e. The summed E-state index contributed by atoms with van der Waals surface area (Å²) in [5.74, 6) is -0.807. The van der Waals surface area contributed by atoms with E-state index >= 15 is 0 Å². The number of rotatable bonds is 4. The molecule has 0 saturated carbocycles. The second-order valence-electron chi connectivity index (χ2n) is 5.00. The van der Waals surface area contributed by atoms with Crippen molar-refractivity contribution in [1.29, 1.82) is 0 Å². The summed E-state index contributed by atoms with van der Waals surface area (Å²) in [7, 11) is 0. The number of nitrogens with zero attached hydrogens (tertiary/aromatic N) is 3. The van der Waals surface area contributed by atoms with E-state index < -0.39 is 15.8 Å². The maximum Gasteiger partial charge on any atom is 0.363 e. The van der Waals surface area contributed by atoms with Crippen LogP contribution in [0.1, 0.15) is 11.1 Å². The Morgan fingerprint density at radius 3 is 2.28 bits per heavy atom. The van der Waals surface area contributed by atoms with E-state index in [0.717, 1.165) is 0 Å². The molecule has 3 rings (SSSR count). The Morgan fingerprint density at radius 1 is 0.960 bits per heavy atom. The van der Waals surface area contributed by atoms with E-state index in [9.17, 15) is 25.0 Å². The molecule has 1 heterocycles. The number of carbonyl (C=O) groups is 1. The van der Waals surface area contributed by atoms with Crippen LogP contribution in [0.5, 0.6) is 0 Å². The molecule has 0 saturated heterocycles. The summed E-state index contributed by atoms with van der Waals surface area (Å²) in [4.78, 5) is 36.4. The van der Waals surface area contributed by atoms with Crippen molar-refractivity contribution in [2.75, 3.05) is 0 Å². The van der Waals surface area contributed by atoms with Crippen LogP contribution in [0.3, 0.4) is 0 Å². The molecule has 0 atom stereocenters. The highest BCUT2D eigenvalue weighted by atomic mass is 16.6. The van der Waals surface area contributed by atoms with Crippen molar-refractivity contribution >= 4 is 29.3 Å². The van der Waals surface area contributed by atoms with Gasteiger partial charge in [-0.3, -0.25) is 20.2 Å². The van der Waals surface area contributed by atoms with Crippen molar-refractivity contribution in [2.24, 2.45) is 4.99 Å². The highest BCUT2D eigenvalue weighted by molar-refractivity contribution is 6.13. The molecule has 0 spiro atoms. The number of cyclic esters (lactones) is 1. The largest absolute Gasteiger partial charge is 0.402 e. The van der Waals surface area contributed by atoms with E-state index in [0.29, 0.717) is 5.56 Å². The lowest BCUT2D eigenvalue weighted by Gasteiger charge is -1.98. The molecule has 2 aromatic carbocycles. The highest BCUT2D eigenvalue weighted by Gasteiger charge is 2.25. The Morgan fingerprint density at radius 2 is 1.60 bits per heavy atom. The summed E-state index contributed by atoms with van der Waals surface area (Å²) < 4.78 is 5.03. The third-order valence-electron chi connectivity index (χ3n) is 3.31. The molecular formula is C16H9N3O6. The number of hydrogen-bond donors (Lipinski definition) is 0. The summed E-state index contributed by atoms with van der Waals surface area (Å²) in [6.07, 6.45) is 1.35. The summed E-state index contributed by atoms with van der Waals surface area (Å²) >= 11 is 0. The zero-order valence-corrected chi connectivity index (χ0v) is 12.5. The van der Waals surface area contributed by atoms with E-state index in [1.165, 1.54) is 48.5 Å². The first-order valence-electron chi connectivity index (χ1n) is 6.96. The van der Waals surface area contributed by atoms with Gasteiger partial charge in [0, 0.05) is 29.8 Å². The minimum atomic E-state index is -0.743. The molecule has 0 amide bonds. The molecule has 0 bridgehead atoms. The van der Waals surface area contributed by atoms with E-state index in [1.54, 1.807) is 6.07 Å². The van der Waals surface area contributed by atoms with Crippen LogP contribution in [0.25, 0.3) is 6.08 Å². The van der Waals surface area contributed by atoms with Gasteiger partial charge in [-0.2, -0.15) is 0 Å². The number of aliphatic imine (C=N–C) groups is 1. The molecule has 9 nitrogen and oxygen atoms in total. The number of carbonyl (C=O) groups excluding carboxylic acids is 1. The Bertz CT molecular complexity index is 964. The molecule has 25 heavy (non-hydrogen) atoms. The maximum absolute atomic E-state index is 11.9. The molecule has 1 aliphatic rings. The number of non-ortho nitro benzene ring substituents is 2. The Hall–Kier alpha value is -3.88. The predicted molar refractivity (Wildman–Crippen MR) is 86.8 cm³/mol. The van der Waals surface area contributed by atoms with Crippen LogP contribution in [0, 0.1) is 20.2 Å². The van der Waals surface area contributed by atoms with Crippen LogP contribution in [-0.4, -0.2) is 21.7 Å². The predicted octanol–water partition coefficient (Wildman–Crippen LogP) is 2.85. The quantitative estimate of drug-likeness (QED) is 0.365. The number of nitro benzene ring substituents is 2. The lowest BCUT2D eigenvalue weighted by atomic mass is 10.1. The molecule has 2 aromatic rings. The van der Waals surface area contributed by atoms with E-state index in [-0.39, 0.29) is 28.5 Å². The first-order chi connectivity index (χ1) is 11.9. The Labute approximate surface area is 140 Å². The van der Waals surface area contributed by atoms with Gasteiger partial charge < -0.3 is 4.74 Å². The third kappa shape index (κ3) is 3.39. The number of hydrogen-bond acceptors (Lipinski definition) is 7. The van der Waals surface area contributed by atoms with Crippen LogP contribution in [0.15, 0.2) is 59.2 Å². The van der Waals surface area contributed by atoms with Gasteiger partial charge in [-0.15, -0.1) is 0 Å². The monoisotopic (exact) mass is 339 g/mol. The second kappa shape index (κ2) is 6.32. The lowest BCUT2D eigenvalue weighted by molar-refractivity contribution is -0.385. The van der Waals surface area contributed by atoms with Gasteiger partial charge in [0.15, 0.2) is 5.70 Å². The van der Waals surface area contributed by atoms with Crippen molar-refractivity contribution in [3.8, 4) is 0 Å². The van der Waals surface area contributed by atoms with Gasteiger partial charge in [0.1, 0.15) is 0 Å². The van der Waals surface area contributed by atoms with Crippen molar-refractivity contribution in [3.63, 3.8) is 0 Å². The highest BCUT2D eigenvalue weighted by Crippen LogP contribution is 2.22. The molecule has 1 aliphatic heterocycles. The normalized spacial score (nSPS) is 15.0. The first-order valence-corrected chi connectivity index (χ1v) is 6.96. The summed E-state index contributed by atoms with van der Waals surface area (Å²) in [6.45, 7) is 0. The number of benzene rings is 2. The van der Waals surface area contributed by atoms with Gasteiger partial charge in [-0.25, -0.2) is 9.79 Å². The summed E-state index contributed by atoms with van der Waals surface area (Å²) in [5.41, 5.74) is 0.355. The maximum atomic E-state index is 11.9. The van der Waals surface area contributed by atoms with Crippen LogP contribution in [0.4, 0.5) is 11.4 Å². The molecule has 0 fully saturated rings. The summed E-state index contributed by atoms with van der Waals surface area (Å²) in [6, 6.07) is 11.2. The summed E-state index contributed by atoms with van der Waals surface area (Å²) in [5, 5.41) is 21.6. The molecule has 0 unspecified atom stereocenters. The average molecular weight is 339 g/mol. The number of nitro groups is 2. The van der Waals surface area contributed by atoms with Crippen molar-refractivity contribution < 1.29 is 19.4 Å². The van der Waals surface area contributed by atoms with E-state index in [4.69, 9.17) is 4.74 Å². The fraction of sp³-hybridized carbons (Fsp3) is 0. The van der Waals surface area contributed by atoms with Gasteiger partial charge in [-0.1, -0.05) is 18.2 Å². The van der Waals surface area contributed by atoms with Gasteiger partial charge in [0.2, 0.25) is 5.90 Å². The molecule has 0 aromatic heterocycles. The molecule has 0 radical (unpaired) electrons. The van der Waals surface area contributed by atoms with Crippen molar-refractivity contribution in [2.45, 2.75) is 0 Å². The molecular weight excluding hydrogens is 330 g/mol. The number of esters is 1. The zero-order valence-electron chi connectivity index (χ0n) is 12.5. The smallest absolute Gasteiger partial charge is 0.363 e. The minimum absolute atomic E-state index is 0.0537. The van der Waals surface area contributed by atoms with Crippen LogP contribution in [0.2, 0.25) is 0 Å². The fourth-order valence-corrected chi connectivity index (χ4v) is 2.17.